The number of rotatable bonds is 6. The number of methoxy groups -OCH3 is 2. The minimum Gasteiger partial charge on any atom is -0.497 e. The number of hydrogen-bond acceptors (Lipinski definition) is 7. The monoisotopic (exact) mass is 468 g/mol. The molecular formula is C20H21ClN2O7S. The van der Waals surface area contributed by atoms with Gasteiger partial charge < -0.3 is 19.5 Å². The van der Waals surface area contributed by atoms with Crippen LogP contribution in [0.4, 0.5) is 5.69 Å². The molecule has 0 spiro atoms. The van der Waals surface area contributed by atoms with Gasteiger partial charge in [-0.25, -0.2) is 13.2 Å². The van der Waals surface area contributed by atoms with Gasteiger partial charge in [-0.05, 0) is 36.4 Å². The van der Waals surface area contributed by atoms with Crippen molar-refractivity contribution in [2.75, 3.05) is 45.8 Å². The summed E-state index contributed by atoms with van der Waals surface area (Å²) in [6.07, 6.45) is 0. The number of amides is 1. The molecule has 0 radical (unpaired) electrons. The standard InChI is InChI=1S/C20H21ClN2O7S/c1-28-13-3-6-18(16(11-13)20(25)29-2)22-19(24)15-12-14(4-5-17(15)21)31(26,27)23-7-9-30-10-8-23/h3-6,11-12H,7-10H2,1-2H3,(H,22,24). The summed E-state index contributed by atoms with van der Waals surface area (Å²) in [5.74, 6) is -0.960. The highest BCUT2D eigenvalue weighted by Crippen LogP contribution is 2.27. The molecule has 0 bridgehead atoms. The van der Waals surface area contributed by atoms with Gasteiger partial charge in [-0.3, -0.25) is 4.79 Å². The Morgan fingerprint density at radius 1 is 1.06 bits per heavy atom. The van der Waals surface area contributed by atoms with Crippen LogP contribution in [0.3, 0.4) is 0 Å². The number of carbonyl (C=O) groups excluding carboxylic acids is 2. The van der Waals surface area contributed by atoms with E-state index in [1.165, 1.54) is 48.9 Å². The lowest BCUT2D eigenvalue weighted by Gasteiger charge is -2.26. The molecule has 1 N–H and O–H groups in total. The fourth-order valence-corrected chi connectivity index (χ4v) is 4.64. The van der Waals surface area contributed by atoms with E-state index in [2.05, 4.69) is 5.32 Å². The number of ether oxygens (including phenoxy) is 3. The van der Waals surface area contributed by atoms with Crippen molar-refractivity contribution in [1.82, 2.24) is 4.31 Å². The van der Waals surface area contributed by atoms with E-state index in [4.69, 9.17) is 25.8 Å². The van der Waals surface area contributed by atoms with Crippen molar-refractivity contribution in [2.24, 2.45) is 0 Å². The van der Waals surface area contributed by atoms with Crippen LogP contribution in [0.25, 0.3) is 0 Å². The number of carbonyl (C=O) groups is 2. The van der Waals surface area contributed by atoms with E-state index >= 15 is 0 Å². The van der Waals surface area contributed by atoms with Gasteiger partial charge in [0, 0.05) is 13.1 Å². The Labute approximate surface area is 184 Å². The number of benzene rings is 2. The van der Waals surface area contributed by atoms with Crippen LogP contribution in [0.15, 0.2) is 41.3 Å². The van der Waals surface area contributed by atoms with Gasteiger partial charge in [-0.1, -0.05) is 11.6 Å². The smallest absolute Gasteiger partial charge is 0.340 e. The topological polar surface area (TPSA) is 111 Å². The summed E-state index contributed by atoms with van der Waals surface area (Å²) in [6, 6.07) is 8.36. The van der Waals surface area contributed by atoms with Crippen LogP contribution in [0.1, 0.15) is 20.7 Å². The third-order valence-corrected chi connectivity index (χ3v) is 6.89. The number of sulfonamides is 1. The quantitative estimate of drug-likeness (QED) is 0.648. The van der Waals surface area contributed by atoms with E-state index in [9.17, 15) is 18.0 Å². The molecule has 1 aliphatic heterocycles. The summed E-state index contributed by atoms with van der Waals surface area (Å²) in [5.41, 5.74) is 0.182. The molecular weight excluding hydrogens is 448 g/mol. The first-order valence-corrected chi connectivity index (χ1v) is 11.0. The zero-order valence-corrected chi connectivity index (χ0v) is 18.5. The average molecular weight is 469 g/mol. The zero-order valence-electron chi connectivity index (χ0n) is 16.9. The average Bonchev–Trinajstić information content (AvgIpc) is 2.79. The van der Waals surface area contributed by atoms with Gasteiger partial charge in [0.15, 0.2) is 0 Å². The Bertz CT molecular complexity index is 1100. The van der Waals surface area contributed by atoms with Crippen LogP contribution >= 0.6 is 11.6 Å². The highest BCUT2D eigenvalue weighted by molar-refractivity contribution is 7.89. The molecule has 1 amide bonds. The predicted molar refractivity (Wildman–Crippen MR) is 113 cm³/mol. The second-order valence-corrected chi connectivity index (χ2v) is 8.86. The number of esters is 1. The molecule has 1 saturated heterocycles. The van der Waals surface area contributed by atoms with Gasteiger partial charge in [0.05, 0.1) is 54.2 Å². The van der Waals surface area contributed by atoms with Crippen molar-refractivity contribution < 1.29 is 32.2 Å². The van der Waals surface area contributed by atoms with Crippen LogP contribution in [-0.4, -0.2) is 65.1 Å². The minimum atomic E-state index is -3.82. The zero-order chi connectivity index (χ0) is 22.6. The van der Waals surface area contributed by atoms with E-state index < -0.39 is 21.9 Å². The summed E-state index contributed by atoms with van der Waals surface area (Å²) in [4.78, 5) is 24.9. The maximum Gasteiger partial charge on any atom is 0.340 e. The Morgan fingerprint density at radius 3 is 2.42 bits per heavy atom. The van der Waals surface area contributed by atoms with Crippen LogP contribution < -0.4 is 10.1 Å². The van der Waals surface area contributed by atoms with Crippen LogP contribution in [-0.2, 0) is 19.5 Å². The Morgan fingerprint density at radius 2 is 1.77 bits per heavy atom. The van der Waals surface area contributed by atoms with E-state index in [-0.39, 0.29) is 39.8 Å². The first-order valence-electron chi connectivity index (χ1n) is 9.23. The molecule has 0 aromatic heterocycles. The maximum absolute atomic E-state index is 12.9. The number of morpholine rings is 1. The second-order valence-electron chi connectivity index (χ2n) is 6.52. The number of nitrogens with zero attached hydrogens (tertiary/aromatic N) is 1. The fourth-order valence-electron chi connectivity index (χ4n) is 3.00. The largest absolute Gasteiger partial charge is 0.497 e. The number of halogens is 1. The molecule has 0 atom stereocenters. The normalized spacial score (nSPS) is 14.7. The number of nitrogens with one attached hydrogen (secondary N) is 1. The Balaban J connectivity index is 1.92. The van der Waals surface area contributed by atoms with Gasteiger partial charge in [-0.15, -0.1) is 0 Å². The molecule has 9 nitrogen and oxygen atoms in total. The molecule has 3 rings (SSSR count). The summed E-state index contributed by atoms with van der Waals surface area (Å²) >= 11 is 6.17. The summed E-state index contributed by atoms with van der Waals surface area (Å²) in [6.45, 7) is 1.05. The van der Waals surface area contributed by atoms with Gasteiger partial charge in [0.25, 0.3) is 5.91 Å². The highest BCUT2D eigenvalue weighted by Gasteiger charge is 2.28. The molecule has 2 aromatic rings. The van der Waals surface area contributed by atoms with E-state index in [1.54, 1.807) is 6.07 Å². The lowest BCUT2D eigenvalue weighted by Crippen LogP contribution is -2.40. The molecule has 1 heterocycles. The van der Waals surface area contributed by atoms with Crippen LogP contribution in [0.2, 0.25) is 5.02 Å². The second kappa shape index (κ2) is 9.65. The number of anilines is 1. The van der Waals surface area contributed by atoms with E-state index in [0.717, 1.165) is 0 Å². The lowest BCUT2D eigenvalue weighted by atomic mass is 10.1. The first kappa shape index (κ1) is 23.0. The van der Waals surface area contributed by atoms with Gasteiger partial charge in [-0.2, -0.15) is 4.31 Å². The molecule has 166 valence electrons. The van der Waals surface area contributed by atoms with Crippen LogP contribution in [0.5, 0.6) is 5.75 Å². The van der Waals surface area contributed by atoms with Gasteiger partial charge >= 0.3 is 5.97 Å². The molecule has 31 heavy (non-hydrogen) atoms. The third-order valence-electron chi connectivity index (χ3n) is 4.67. The maximum atomic E-state index is 12.9. The number of hydrogen-bond donors (Lipinski definition) is 1. The third kappa shape index (κ3) is 4.99. The van der Waals surface area contributed by atoms with Gasteiger partial charge in [0.2, 0.25) is 10.0 Å². The van der Waals surface area contributed by atoms with Crippen molar-refractivity contribution in [1.29, 1.82) is 0 Å². The molecule has 0 unspecified atom stereocenters. The molecule has 0 saturated carbocycles. The van der Waals surface area contributed by atoms with E-state index in [1.807, 2.05) is 0 Å². The molecule has 2 aromatic carbocycles. The summed E-state index contributed by atoms with van der Waals surface area (Å²) in [5, 5.41) is 2.65. The van der Waals surface area contributed by atoms with Crippen molar-refractivity contribution in [3.8, 4) is 5.75 Å². The fraction of sp³-hybridized carbons (Fsp3) is 0.300. The molecule has 1 aliphatic rings. The molecule has 0 aliphatic carbocycles. The SMILES string of the molecule is COC(=O)c1cc(OC)ccc1NC(=O)c1cc(S(=O)(=O)N2CCOCC2)ccc1Cl. The minimum absolute atomic E-state index is 0.0531. The lowest BCUT2D eigenvalue weighted by molar-refractivity contribution is 0.0601. The molecule has 1 fully saturated rings. The van der Waals surface area contributed by atoms with E-state index in [0.29, 0.717) is 19.0 Å². The highest BCUT2D eigenvalue weighted by atomic mass is 35.5. The molecule has 11 heteroatoms. The Kier molecular flexibility index (Phi) is 7.16. The first-order chi connectivity index (χ1) is 14.8. The summed E-state index contributed by atoms with van der Waals surface area (Å²) < 4.78 is 42.2. The van der Waals surface area contributed by atoms with Crippen molar-refractivity contribution >= 4 is 39.2 Å². The van der Waals surface area contributed by atoms with Crippen molar-refractivity contribution in [3.05, 3.63) is 52.5 Å². The van der Waals surface area contributed by atoms with Crippen molar-refractivity contribution in [3.63, 3.8) is 0 Å². The van der Waals surface area contributed by atoms with Gasteiger partial charge in [0.1, 0.15) is 5.75 Å². The Hall–Kier alpha value is -2.66. The van der Waals surface area contributed by atoms with Crippen LogP contribution in [0, 0.1) is 0 Å². The predicted octanol–water partition coefficient (Wildman–Crippen LogP) is 2.41. The summed E-state index contributed by atoms with van der Waals surface area (Å²) in [7, 11) is -1.17. The van der Waals surface area contributed by atoms with Crippen molar-refractivity contribution in [2.45, 2.75) is 4.90 Å².